The summed E-state index contributed by atoms with van der Waals surface area (Å²) in [6.45, 7) is 1.87. The van der Waals surface area contributed by atoms with E-state index in [1.807, 2.05) is 54.6 Å². The molecule has 0 unspecified atom stereocenters. The number of ether oxygens (including phenoxy) is 2. The van der Waals surface area contributed by atoms with Crippen molar-refractivity contribution in [3.05, 3.63) is 102 Å². The topological polar surface area (TPSA) is 110 Å². The van der Waals surface area contributed by atoms with Gasteiger partial charge in [-0.05, 0) is 53.9 Å². The van der Waals surface area contributed by atoms with Gasteiger partial charge in [0.15, 0.2) is 5.58 Å². The Kier molecular flexibility index (Phi) is 7.70. The third-order valence-electron chi connectivity index (χ3n) is 7.14. The molecule has 6 rings (SSSR count). The molecule has 0 bridgehead atoms. The van der Waals surface area contributed by atoms with Crippen molar-refractivity contribution < 1.29 is 18.7 Å². The van der Waals surface area contributed by atoms with Crippen molar-refractivity contribution in [1.82, 2.24) is 15.3 Å². The molecule has 1 aliphatic rings. The Morgan fingerprint density at radius 1 is 1.02 bits per heavy atom. The summed E-state index contributed by atoms with van der Waals surface area (Å²) in [5, 5.41) is 12.8. The highest BCUT2D eigenvalue weighted by molar-refractivity contribution is 5.95. The zero-order valence-corrected chi connectivity index (χ0v) is 22.4. The maximum absolute atomic E-state index is 12.6. The number of benzene rings is 2. The lowest BCUT2D eigenvalue weighted by molar-refractivity contribution is 0.0254. The average molecular weight is 545 g/mol. The van der Waals surface area contributed by atoms with Gasteiger partial charge in [0.1, 0.15) is 29.2 Å². The van der Waals surface area contributed by atoms with Crippen LogP contribution in [0.3, 0.4) is 0 Å². The first-order chi connectivity index (χ1) is 20.2. The lowest BCUT2D eigenvalue weighted by Crippen LogP contribution is -2.26. The van der Waals surface area contributed by atoms with Gasteiger partial charge in [-0.2, -0.15) is 5.26 Å². The minimum Gasteiger partial charge on any atom is -0.489 e. The van der Waals surface area contributed by atoms with E-state index in [0.29, 0.717) is 59.9 Å². The van der Waals surface area contributed by atoms with Crippen LogP contribution in [-0.4, -0.2) is 41.7 Å². The predicted molar refractivity (Wildman–Crippen MR) is 154 cm³/mol. The van der Waals surface area contributed by atoms with Crippen LogP contribution in [0.25, 0.3) is 33.6 Å². The van der Waals surface area contributed by atoms with Crippen LogP contribution < -0.4 is 10.1 Å². The Morgan fingerprint density at radius 2 is 1.85 bits per heavy atom. The number of aromatic nitrogens is 2. The first-order valence-electron chi connectivity index (χ1n) is 13.6. The van der Waals surface area contributed by atoms with Crippen LogP contribution in [0.15, 0.2) is 89.7 Å². The summed E-state index contributed by atoms with van der Waals surface area (Å²) >= 11 is 0. The van der Waals surface area contributed by atoms with Crippen LogP contribution in [0.5, 0.6) is 5.75 Å². The molecule has 41 heavy (non-hydrogen) atoms. The van der Waals surface area contributed by atoms with E-state index < -0.39 is 0 Å². The summed E-state index contributed by atoms with van der Waals surface area (Å²) < 4.78 is 17.8. The standard InChI is InChI=1S/C33H28N4O4/c34-20-26-18-25(7-8-30(26)40-27-11-16-39-17-12-27)28-10-15-36-29-19-31(41-32(28)29)23-3-5-24(6-4-23)33(38)37-14-9-22-2-1-13-35-21-22/h1-8,10,13,15,18-19,21,27H,9,11-12,14,16-17H2,(H,37,38). The number of amides is 1. The van der Waals surface area contributed by atoms with E-state index in [-0.39, 0.29) is 12.0 Å². The molecule has 0 spiro atoms. The van der Waals surface area contributed by atoms with Crippen LogP contribution in [0.2, 0.25) is 0 Å². The number of furan rings is 1. The van der Waals surface area contributed by atoms with Gasteiger partial charge >= 0.3 is 0 Å². The molecule has 3 aromatic heterocycles. The van der Waals surface area contributed by atoms with Gasteiger partial charge in [0.25, 0.3) is 5.91 Å². The monoisotopic (exact) mass is 544 g/mol. The molecular weight excluding hydrogens is 516 g/mol. The fourth-order valence-electron chi connectivity index (χ4n) is 4.92. The number of hydrogen-bond acceptors (Lipinski definition) is 7. The minimum atomic E-state index is -0.133. The van der Waals surface area contributed by atoms with Crippen LogP contribution in [-0.2, 0) is 11.2 Å². The summed E-state index contributed by atoms with van der Waals surface area (Å²) in [5.74, 6) is 1.09. The van der Waals surface area contributed by atoms with Gasteiger partial charge in [0.2, 0.25) is 0 Å². The highest BCUT2D eigenvalue weighted by atomic mass is 16.5. The maximum atomic E-state index is 12.6. The molecule has 4 heterocycles. The Labute approximate surface area is 237 Å². The van der Waals surface area contributed by atoms with Gasteiger partial charge in [-0.1, -0.05) is 24.3 Å². The van der Waals surface area contributed by atoms with Gasteiger partial charge in [0, 0.05) is 60.7 Å². The molecule has 1 saturated heterocycles. The molecule has 0 saturated carbocycles. The molecule has 1 aliphatic heterocycles. The normalized spacial score (nSPS) is 13.5. The molecule has 1 N–H and O–H groups in total. The van der Waals surface area contributed by atoms with Crippen LogP contribution in [0.1, 0.15) is 34.3 Å². The summed E-state index contributed by atoms with van der Waals surface area (Å²) in [7, 11) is 0. The summed E-state index contributed by atoms with van der Waals surface area (Å²) in [5.41, 5.74) is 5.95. The molecule has 5 aromatic rings. The molecule has 0 aliphatic carbocycles. The zero-order valence-electron chi connectivity index (χ0n) is 22.4. The Morgan fingerprint density at radius 3 is 2.63 bits per heavy atom. The van der Waals surface area contributed by atoms with Gasteiger partial charge < -0.3 is 19.2 Å². The second-order valence-electron chi connectivity index (χ2n) is 9.88. The number of rotatable bonds is 8. The molecule has 2 aromatic carbocycles. The SMILES string of the molecule is N#Cc1cc(-c2ccnc3cc(-c4ccc(C(=O)NCCc5cccnc5)cc4)oc23)ccc1OC1CCOCC1. The van der Waals surface area contributed by atoms with E-state index in [2.05, 4.69) is 21.4 Å². The summed E-state index contributed by atoms with van der Waals surface area (Å²) in [6.07, 6.45) is 7.65. The molecule has 1 amide bonds. The van der Waals surface area contributed by atoms with Crippen molar-refractivity contribution >= 4 is 17.0 Å². The van der Waals surface area contributed by atoms with Gasteiger partial charge in [-0.15, -0.1) is 0 Å². The van der Waals surface area contributed by atoms with Crippen LogP contribution in [0.4, 0.5) is 0 Å². The van der Waals surface area contributed by atoms with Crippen molar-refractivity contribution in [3.63, 3.8) is 0 Å². The predicted octanol–water partition coefficient (Wildman–Crippen LogP) is 5.96. The zero-order chi connectivity index (χ0) is 28.0. The van der Waals surface area contributed by atoms with Crippen molar-refractivity contribution in [1.29, 1.82) is 5.26 Å². The van der Waals surface area contributed by atoms with Gasteiger partial charge in [-0.25, -0.2) is 0 Å². The number of nitrogens with zero attached hydrogens (tertiary/aromatic N) is 3. The van der Waals surface area contributed by atoms with Gasteiger partial charge in [-0.3, -0.25) is 14.8 Å². The molecule has 204 valence electrons. The number of hydrogen-bond donors (Lipinski definition) is 1. The number of nitriles is 1. The lowest BCUT2D eigenvalue weighted by Gasteiger charge is -2.23. The largest absolute Gasteiger partial charge is 0.489 e. The van der Waals surface area contributed by atoms with Crippen molar-refractivity contribution in [2.75, 3.05) is 19.8 Å². The van der Waals surface area contributed by atoms with E-state index in [9.17, 15) is 10.1 Å². The number of carbonyl (C=O) groups is 1. The third-order valence-corrected chi connectivity index (χ3v) is 7.14. The smallest absolute Gasteiger partial charge is 0.251 e. The minimum absolute atomic E-state index is 0.0475. The number of fused-ring (bicyclic) bond motifs is 1. The molecule has 8 heteroatoms. The highest BCUT2D eigenvalue weighted by Gasteiger charge is 2.19. The molecule has 0 atom stereocenters. The quantitative estimate of drug-likeness (QED) is 0.257. The van der Waals surface area contributed by atoms with E-state index in [4.69, 9.17) is 13.9 Å². The van der Waals surface area contributed by atoms with E-state index >= 15 is 0 Å². The van der Waals surface area contributed by atoms with E-state index in [1.54, 1.807) is 30.7 Å². The second kappa shape index (κ2) is 12.0. The molecular formula is C33H28N4O4. The number of carbonyl (C=O) groups excluding carboxylic acids is 1. The first kappa shape index (κ1) is 26.2. The van der Waals surface area contributed by atoms with E-state index in [1.165, 1.54) is 0 Å². The highest BCUT2D eigenvalue weighted by Crippen LogP contribution is 2.35. The van der Waals surface area contributed by atoms with Gasteiger partial charge in [0.05, 0.1) is 18.8 Å². The van der Waals surface area contributed by atoms with Crippen LogP contribution >= 0.6 is 0 Å². The number of pyridine rings is 2. The first-order valence-corrected chi connectivity index (χ1v) is 13.6. The van der Waals surface area contributed by atoms with Crippen molar-refractivity contribution in [2.24, 2.45) is 0 Å². The maximum Gasteiger partial charge on any atom is 0.251 e. The number of nitrogens with one attached hydrogen (secondary N) is 1. The van der Waals surface area contributed by atoms with Crippen LogP contribution in [0, 0.1) is 11.3 Å². The summed E-state index contributed by atoms with van der Waals surface area (Å²) in [6, 6.07) is 22.8. The third kappa shape index (κ3) is 5.96. The molecule has 8 nitrogen and oxygen atoms in total. The fourth-order valence-corrected chi connectivity index (χ4v) is 4.92. The Bertz CT molecular complexity index is 1700. The second-order valence-corrected chi connectivity index (χ2v) is 9.88. The van der Waals surface area contributed by atoms with Crippen molar-refractivity contribution in [3.8, 4) is 34.3 Å². The lowest BCUT2D eigenvalue weighted by atomic mass is 10.0. The summed E-state index contributed by atoms with van der Waals surface area (Å²) in [4.78, 5) is 21.2. The Balaban J connectivity index is 1.19. The molecule has 0 radical (unpaired) electrons. The average Bonchev–Trinajstić information content (AvgIpc) is 3.47. The van der Waals surface area contributed by atoms with E-state index in [0.717, 1.165) is 35.1 Å². The Hall–Kier alpha value is -5.00. The molecule has 1 fully saturated rings. The van der Waals surface area contributed by atoms with Crippen molar-refractivity contribution in [2.45, 2.75) is 25.4 Å². The fraction of sp³-hybridized carbons (Fsp3) is 0.212.